The number of fused-ring (bicyclic) bond motifs is 1. The fourth-order valence-electron chi connectivity index (χ4n) is 6.01. The summed E-state index contributed by atoms with van der Waals surface area (Å²) >= 11 is 0. The lowest BCUT2D eigenvalue weighted by atomic mass is 9.88. The van der Waals surface area contributed by atoms with Crippen molar-refractivity contribution in [2.75, 3.05) is 44.2 Å². The number of hydrogen-bond donors (Lipinski definition) is 1. The number of rotatable bonds is 10. The van der Waals surface area contributed by atoms with Crippen molar-refractivity contribution in [1.29, 1.82) is 0 Å². The Hall–Kier alpha value is -3.62. The Morgan fingerprint density at radius 1 is 1.05 bits per heavy atom. The number of pyridine rings is 1. The molecule has 216 valence electrons. The molecule has 0 amide bonds. The van der Waals surface area contributed by atoms with E-state index in [0.29, 0.717) is 18.4 Å². The molecule has 1 aromatic carbocycles. The molecule has 2 N–H and O–H groups in total. The van der Waals surface area contributed by atoms with Crippen molar-refractivity contribution in [1.82, 2.24) is 19.7 Å². The summed E-state index contributed by atoms with van der Waals surface area (Å²) in [6.07, 6.45) is 7.97. The van der Waals surface area contributed by atoms with Crippen LogP contribution in [0.1, 0.15) is 69.8 Å². The molecule has 8 heteroatoms. The molecule has 1 saturated heterocycles. The van der Waals surface area contributed by atoms with Crippen LogP contribution in [0.5, 0.6) is 0 Å². The first-order chi connectivity index (χ1) is 19.7. The molecule has 41 heavy (non-hydrogen) atoms. The zero-order chi connectivity index (χ0) is 29.1. The summed E-state index contributed by atoms with van der Waals surface area (Å²) in [5, 5.41) is 5.46. The molecule has 2 aliphatic rings. The molecule has 0 unspecified atom stereocenters. The topological polar surface area (TPSA) is 97.3 Å². The van der Waals surface area contributed by atoms with Gasteiger partial charge in [-0.15, -0.1) is 0 Å². The summed E-state index contributed by atoms with van der Waals surface area (Å²) < 4.78 is 1.96. The van der Waals surface area contributed by atoms with Crippen molar-refractivity contribution in [3.05, 3.63) is 65.0 Å². The van der Waals surface area contributed by atoms with E-state index in [-0.39, 0.29) is 24.0 Å². The monoisotopic (exact) mass is 554 g/mol. The normalized spacial score (nSPS) is 16.7. The predicted octanol–water partition coefficient (Wildman–Crippen LogP) is 5.35. The first-order valence-electron chi connectivity index (χ1n) is 14.8. The molecule has 0 saturated carbocycles. The molecule has 1 aliphatic carbocycles. The second-order valence-electron chi connectivity index (χ2n) is 11.7. The average Bonchev–Trinajstić information content (AvgIpc) is 3.40. The molecule has 3 aromatic rings. The molecular formula is C33H42N6O2. The third-order valence-electron chi connectivity index (χ3n) is 8.28. The number of carbonyl (C=O) groups excluding carboxylic acids is 2. The molecule has 0 bridgehead atoms. The van der Waals surface area contributed by atoms with Gasteiger partial charge in [0.1, 0.15) is 5.82 Å². The van der Waals surface area contributed by atoms with Crippen LogP contribution < -0.4 is 10.6 Å². The SMILES string of the molecule is CC1=CC(C)=C(CCC(=O)c2cc(-c3ccc(N4CCN(CCCN)CC4)nc3)cc3c2cnn3C(C)C)C(=O)C1. The largest absolute Gasteiger partial charge is 0.354 e. The Labute approximate surface area is 242 Å². The molecule has 0 radical (unpaired) electrons. The van der Waals surface area contributed by atoms with E-state index in [1.54, 1.807) is 6.20 Å². The van der Waals surface area contributed by atoms with E-state index < -0.39 is 0 Å². The predicted molar refractivity (Wildman–Crippen MR) is 165 cm³/mol. The Bertz CT molecular complexity index is 1490. The zero-order valence-corrected chi connectivity index (χ0v) is 24.8. The van der Waals surface area contributed by atoms with Crippen LogP contribution in [0.4, 0.5) is 5.82 Å². The highest BCUT2D eigenvalue weighted by atomic mass is 16.1. The second kappa shape index (κ2) is 12.5. The quantitative estimate of drug-likeness (QED) is 0.338. The first kappa shape index (κ1) is 28.9. The van der Waals surface area contributed by atoms with Gasteiger partial charge in [0.15, 0.2) is 11.6 Å². The number of ketones is 2. The number of allylic oxidation sites excluding steroid dienone is 4. The van der Waals surface area contributed by atoms with Gasteiger partial charge in [-0.25, -0.2) is 4.98 Å². The van der Waals surface area contributed by atoms with Crippen molar-refractivity contribution in [3.8, 4) is 11.1 Å². The van der Waals surface area contributed by atoms with Gasteiger partial charge in [-0.3, -0.25) is 19.2 Å². The fourth-order valence-corrected chi connectivity index (χ4v) is 6.01. The van der Waals surface area contributed by atoms with Crippen molar-refractivity contribution in [3.63, 3.8) is 0 Å². The molecule has 1 fully saturated rings. The van der Waals surface area contributed by atoms with Crippen LogP contribution in [-0.4, -0.2) is 70.5 Å². The van der Waals surface area contributed by atoms with Crippen molar-refractivity contribution >= 4 is 28.3 Å². The van der Waals surface area contributed by atoms with Crippen LogP contribution in [0.15, 0.2) is 59.5 Å². The Balaban J connectivity index is 1.39. The van der Waals surface area contributed by atoms with Gasteiger partial charge in [0.05, 0.1) is 11.7 Å². The van der Waals surface area contributed by atoms with Gasteiger partial charge in [0.2, 0.25) is 0 Å². The number of aromatic nitrogens is 3. The minimum absolute atomic E-state index is 0.0246. The van der Waals surface area contributed by atoms with E-state index >= 15 is 0 Å². The van der Waals surface area contributed by atoms with E-state index in [1.165, 1.54) is 0 Å². The van der Waals surface area contributed by atoms with E-state index in [0.717, 1.165) is 90.3 Å². The number of piperazine rings is 1. The minimum Gasteiger partial charge on any atom is -0.354 e. The van der Waals surface area contributed by atoms with E-state index in [4.69, 9.17) is 10.7 Å². The highest BCUT2D eigenvalue weighted by Crippen LogP contribution is 2.32. The standard InChI is InChI=1S/C33H42N6O2/c1-22(2)39-30-19-26(25-6-9-33(35-20-25)38-14-12-37(13-15-38)11-5-10-34)18-28(29(30)21-36-39)31(40)8-7-27-24(4)16-23(3)17-32(27)41/h6,9,16,18-22H,5,7-8,10-15,17,34H2,1-4H3. The van der Waals surface area contributed by atoms with Gasteiger partial charge >= 0.3 is 0 Å². The summed E-state index contributed by atoms with van der Waals surface area (Å²) in [5.74, 6) is 1.13. The molecule has 2 aromatic heterocycles. The summed E-state index contributed by atoms with van der Waals surface area (Å²) in [4.78, 5) is 35.9. The fraction of sp³-hybridized carbons (Fsp3) is 0.455. The van der Waals surface area contributed by atoms with Crippen LogP contribution in [0.25, 0.3) is 22.0 Å². The van der Waals surface area contributed by atoms with Crippen molar-refractivity contribution < 1.29 is 9.59 Å². The maximum Gasteiger partial charge on any atom is 0.163 e. The molecule has 1 aliphatic heterocycles. The number of carbonyl (C=O) groups is 2. The third kappa shape index (κ3) is 6.34. The number of nitrogens with zero attached hydrogens (tertiary/aromatic N) is 5. The lowest BCUT2D eigenvalue weighted by Gasteiger charge is -2.35. The lowest BCUT2D eigenvalue weighted by molar-refractivity contribution is -0.115. The van der Waals surface area contributed by atoms with Gasteiger partial charge < -0.3 is 10.6 Å². The first-order valence-corrected chi connectivity index (χ1v) is 14.8. The summed E-state index contributed by atoms with van der Waals surface area (Å²) in [6.45, 7) is 13.8. The van der Waals surface area contributed by atoms with Gasteiger partial charge in [0, 0.05) is 67.8 Å². The maximum absolute atomic E-state index is 13.7. The number of nitrogens with two attached hydrogens (primary N) is 1. The lowest BCUT2D eigenvalue weighted by Crippen LogP contribution is -2.47. The number of Topliss-reactive ketones (excluding diaryl/α,β-unsaturated/α-hetero) is 2. The Morgan fingerprint density at radius 3 is 2.49 bits per heavy atom. The van der Waals surface area contributed by atoms with E-state index in [1.807, 2.05) is 30.8 Å². The molecule has 5 rings (SSSR count). The number of benzene rings is 1. The highest BCUT2D eigenvalue weighted by molar-refractivity contribution is 6.09. The third-order valence-corrected chi connectivity index (χ3v) is 8.28. The van der Waals surface area contributed by atoms with Gasteiger partial charge in [-0.1, -0.05) is 11.6 Å². The van der Waals surface area contributed by atoms with Crippen molar-refractivity contribution in [2.24, 2.45) is 5.73 Å². The van der Waals surface area contributed by atoms with Crippen molar-refractivity contribution in [2.45, 2.75) is 59.4 Å². The van der Waals surface area contributed by atoms with Crippen LogP contribution in [-0.2, 0) is 4.79 Å². The average molecular weight is 555 g/mol. The van der Waals surface area contributed by atoms with E-state index in [2.05, 4.69) is 53.0 Å². The maximum atomic E-state index is 13.7. The molecule has 3 heterocycles. The smallest absolute Gasteiger partial charge is 0.163 e. The van der Waals surface area contributed by atoms with Gasteiger partial charge in [0.25, 0.3) is 0 Å². The van der Waals surface area contributed by atoms with Gasteiger partial charge in [-0.2, -0.15) is 5.10 Å². The van der Waals surface area contributed by atoms with Crippen LogP contribution in [0, 0.1) is 0 Å². The molecule has 8 nitrogen and oxygen atoms in total. The molecule has 0 spiro atoms. The number of hydrogen-bond acceptors (Lipinski definition) is 7. The second-order valence-corrected chi connectivity index (χ2v) is 11.7. The minimum atomic E-state index is 0.0246. The Kier molecular flexibility index (Phi) is 8.80. The summed E-state index contributed by atoms with van der Waals surface area (Å²) in [5.41, 5.74) is 12.0. The number of anilines is 1. The van der Waals surface area contributed by atoms with E-state index in [9.17, 15) is 9.59 Å². The van der Waals surface area contributed by atoms with Crippen LogP contribution in [0.3, 0.4) is 0 Å². The summed E-state index contributed by atoms with van der Waals surface area (Å²) in [6, 6.07) is 8.40. The van der Waals surface area contributed by atoms with Crippen LogP contribution >= 0.6 is 0 Å². The molecule has 0 atom stereocenters. The highest BCUT2D eigenvalue weighted by Gasteiger charge is 2.22. The molecular weight excluding hydrogens is 512 g/mol. The Morgan fingerprint density at radius 2 is 1.83 bits per heavy atom. The zero-order valence-electron chi connectivity index (χ0n) is 24.8. The van der Waals surface area contributed by atoms with Crippen LogP contribution in [0.2, 0.25) is 0 Å². The van der Waals surface area contributed by atoms with Gasteiger partial charge in [-0.05, 0) is 94.6 Å². The summed E-state index contributed by atoms with van der Waals surface area (Å²) in [7, 11) is 0.